The molecule has 1 nitrogen and oxygen atoms in total. The normalized spacial score (nSPS) is 14.3. The van der Waals surface area contributed by atoms with Crippen LogP contribution in [0.4, 0.5) is 0 Å². The van der Waals surface area contributed by atoms with Crippen molar-refractivity contribution >= 4 is 0 Å². The summed E-state index contributed by atoms with van der Waals surface area (Å²) in [7, 11) is 0. The van der Waals surface area contributed by atoms with Gasteiger partial charge in [0.15, 0.2) is 0 Å². The molecule has 0 fully saturated rings. The maximum atomic E-state index is 2.50. The molecule has 0 saturated carbocycles. The molecule has 1 heterocycles. The van der Waals surface area contributed by atoms with Crippen molar-refractivity contribution in [1.82, 2.24) is 4.90 Å². The second kappa shape index (κ2) is 14.8. The van der Waals surface area contributed by atoms with Crippen LogP contribution in [0.25, 0.3) is 0 Å². The topological polar surface area (TPSA) is 3.24 Å². The average Bonchev–Trinajstić information content (AvgIpc) is 2.57. The van der Waals surface area contributed by atoms with Gasteiger partial charge in [-0.15, -0.1) is 0 Å². The summed E-state index contributed by atoms with van der Waals surface area (Å²) in [4.78, 5) is 2.50. The van der Waals surface area contributed by atoms with Crippen LogP contribution in [-0.2, 0) is 0 Å². The van der Waals surface area contributed by atoms with E-state index >= 15 is 0 Å². The zero-order valence-corrected chi connectivity index (χ0v) is 16.0. The highest BCUT2D eigenvalue weighted by molar-refractivity contribution is 5.15. The lowest BCUT2D eigenvalue weighted by atomic mass is 10.0. The molecule has 0 N–H and O–H groups in total. The van der Waals surface area contributed by atoms with Crippen molar-refractivity contribution in [2.24, 2.45) is 0 Å². The van der Waals surface area contributed by atoms with Crippen molar-refractivity contribution in [3.63, 3.8) is 0 Å². The summed E-state index contributed by atoms with van der Waals surface area (Å²) >= 11 is 0. The number of nitrogens with zero attached hydrogens (tertiary/aromatic N) is 1. The highest BCUT2D eigenvalue weighted by Gasteiger charge is 2.05. The van der Waals surface area contributed by atoms with Gasteiger partial charge in [0, 0.05) is 18.8 Å². The first kappa shape index (κ1) is 20.3. The molecular weight excluding hydrogens is 278 g/mol. The van der Waals surface area contributed by atoms with E-state index in [9.17, 15) is 0 Å². The van der Waals surface area contributed by atoms with Crippen LogP contribution in [-0.4, -0.2) is 18.0 Å². The van der Waals surface area contributed by atoms with E-state index in [1.807, 2.05) is 0 Å². The Bertz CT molecular complexity index is 316. The summed E-state index contributed by atoms with van der Waals surface area (Å²) in [6, 6.07) is 0. The van der Waals surface area contributed by atoms with Crippen LogP contribution in [0.3, 0.4) is 0 Å². The first-order valence-corrected chi connectivity index (χ1v) is 10.4. The van der Waals surface area contributed by atoms with Crippen molar-refractivity contribution in [2.75, 3.05) is 13.1 Å². The molecule has 1 heteroatoms. The van der Waals surface area contributed by atoms with Crippen molar-refractivity contribution < 1.29 is 0 Å². The molecule has 1 aliphatic heterocycles. The van der Waals surface area contributed by atoms with E-state index in [2.05, 4.69) is 37.0 Å². The Morgan fingerprint density at radius 2 is 1.22 bits per heavy atom. The molecule has 0 bridgehead atoms. The van der Waals surface area contributed by atoms with Gasteiger partial charge in [-0.25, -0.2) is 0 Å². The summed E-state index contributed by atoms with van der Waals surface area (Å²) in [5.74, 6) is 0. The first-order valence-electron chi connectivity index (χ1n) is 10.4. The van der Waals surface area contributed by atoms with Crippen molar-refractivity contribution in [3.05, 3.63) is 23.9 Å². The zero-order chi connectivity index (χ0) is 16.6. The van der Waals surface area contributed by atoms with Crippen LogP contribution in [0, 0.1) is 0 Å². The fraction of sp³-hybridized carbons (Fsp3) is 0.818. The van der Waals surface area contributed by atoms with Crippen LogP contribution < -0.4 is 0 Å². The van der Waals surface area contributed by atoms with Crippen molar-refractivity contribution in [1.29, 1.82) is 0 Å². The lowest BCUT2D eigenvalue weighted by molar-refractivity contribution is 0.361. The molecule has 0 aliphatic carbocycles. The van der Waals surface area contributed by atoms with Gasteiger partial charge >= 0.3 is 0 Å². The fourth-order valence-corrected chi connectivity index (χ4v) is 3.41. The summed E-state index contributed by atoms with van der Waals surface area (Å²) in [5, 5.41) is 0. The molecule has 0 spiro atoms. The molecule has 134 valence electrons. The largest absolute Gasteiger partial charge is 0.371 e. The van der Waals surface area contributed by atoms with E-state index in [1.54, 1.807) is 0 Å². The van der Waals surface area contributed by atoms with Gasteiger partial charge in [0.1, 0.15) is 0 Å². The van der Waals surface area contributed by atoms with Crippen LogP contribution in [0.15, 0.2) is 23.9 Å². The summed E-state index contributed by atoms with van der Waals surface area (Å²) in [6.07, 6.45) is 26.9. The second-order valence-electron chi connectivity index (χ2n) is 7.28. The summed E-state index contributed by atoms with van der Waals surface area (Å²) < 4.78 is 0. The van der Waals surface area contributed by atoms with Crippen molar-refractivity contribution in [3.8, 4) is 0 Å². The number of rotatable bonds is 15. The number of hydrogen-bond acceptors (Lipinski definition) is 1. The molecule has 0 unspecified atom stereocenters. The predicted molar refractivity (Wildman–Crippen MR) is 105 cm³/mol. The Morgan fingerprint density at radius 1 is 0.739 bits per heavy atom. The van der Waals surface area contributed by atoms with E-state index < -0.39 is 0 Å². The van der Waals surface area contributed by atoms with Gasteiger partial charge in [-0.05, 0) is 19.4 Å². The summed E-state index contributed by atoms with van der Waals surface area (Å²) in [5.41, 5.74) is 1.43. The Balaban J connectivity index is 1.75. The monoisotopic (exact) mass is 319 g/mol. The van der Waals surface area contributed by atoms with E-state index in [-0.39, 0.29) is 0 Å². The zero-order valence-electron chi connectivity index (χ0n) is 16.0. The van der Waals surface area contributed by atoms with Crippen LogP contribution in [0.2, 0.25) is 0 Å². The van der Waals surface area contributed by atoms with Gasteiger partial charge in [-0.3, -0.25) is 0 Å². The Morgan fingerprint density at radius 3 is 1.70 bits per heavy atom. The maximum Gasteiger partial charge on any atom is 0.0359 e. The van der Waals surface area contributed by atoms with Gasteiger partial charge in [0.05, 0.1) is 0 Å². The SMILES string of the molecule is CCCCCCCCCCCCCCCCN1CC=CC=C1C. The first-order chi connectivity index (χ1) is 11.3. The highest BCUT2D eigenvalue weighted by atomic mass is 15.1. The highest BCUT2D eigenvalue weighted by Crippen LogP contribution is 2.14. The third-order valence-corrected chi connectivity index (χ3v) is 5.08. The molecular formula is C22H41N. The van der Waals surface area contributed by atoms with Gasteiger partial charge in [-0.1, -0.05) is 103 Å². The van der Waals surface area contributed by atoms with Crippen LogP contribution in [0.5, 0.6) is 0 Å². The number of unbranched alkanes of at least 4 members (excludes halogenated alkanes) is 13. The molecule has 0 saturated heterocycles. The molecule has 1 rings (SSSR count). The number of hydrogen-bond donors (Lipinski definition) is 0. The average molecular weight is 320 g/mol. The smallest absolute Gasteiger partial charge is 0.0359 e. The summed E-state index contributed by atoms with van der Waals surface area (Å²) in [6.45, 7) is 6.88. The third kappa shape index (κ3) is 11.5. The molecule has 0 atom stereocenters. The standard InChI is InChI=1S/C22H41N/c1-3-4-5-6-7-8-9-10-11-12-13-14-15-17-20-23-21-18-16-19-22(23)2/h16,18-19H,3-15,17,20-21H2,1-2H3. The molecule has 0 aromatic carbocycles. The lowest BCUT2D eigenvalue weighted by Gasteiger charge is -2.25. The molecule has 0 radical (unpaired) electrons. The van der Waals surface area contributed by atoms with Crippen molar-refractivity contribution in [2.45, 2.75) is 104 Å². The quantitative estimate of drug-likeness (QED) is 0.287. The second-order valence-corrected chi connectivity index (χ2v) is 7.28. The predicted octanol–water partition coefficient (Wildman–Crippen LogP) is 7.24. The van der Waals surface area contributed by atoms with Crippen LogP contribution >= 0.6 is 0 Å². The van der Waals surface area contributed by atoms with Gasteiger partial charge < -0.3 is 4.90 Å². The van der Waals surface area contributed by atoms with Gasteiger partial charge in [0.2, 0.25) is 0 Å². The molecule has 0 aromatic rings. The minimum absolute atomic E-state index is 1.11. The fourth-order valence-electron chi connectivity index (χ4n) is 3.41. The van der Waals surface area contributed by atoms with E-state index in [4.69, 9.17) is 0 Å². The minimum Gasteiger partial charge on any atom is -0.371 e. The van der Waals surface area contributed by atoms with E-state index in [0.717, 1.165) is 6.54 Å². The Kier molecular flexibility index (Phi) is 13.1. The van der Waals surface area contributed by atoms with Gasteiger partial charge in [0.25, 0.3) is 0 Å². The number of allylic oxidation sites excluding steroid dienone is 3. The molecule has 0 aromatic heterocycles. The maximum absolute atomic E-state index is 2.50. The third-order valence-electron chi connectivity index (χ3n) is 5.08. The Hall–Kier alpha value is -0.720. The Labute approximate surface area is 146 Å². The van der Waals surface area contributed by atoms with Crippen LogP contribution in [0.1, 0.15) is 104 Å². The minimum atomic E-state index is 1.11. The van der Waals surface area contributed by atoms with Gasteiger partial charge in [-0.2, -0.15) is 0 Å². The molecule has 1 aliphatic rings. The van der Waals surface area contributed by atoms with E-state index in [1.165, 1.54) is 102 Å². The van der Waals surface area contributed by atoms with E-state index in [0.29, 0.717) is 0 Å². The molecule has 23 heavy (non-hydrogen) atoms. The molecule has 0 amide bonds. The lowest BCUT2D eigenvalue weighted by Crippen LogP contribution is -2.24.